The molecule has 0 aromatic heterocycles. The Kier molecular flexibility index (Phi) is 5.57. The molecule has 18 heavy (non-hydrogen) atoms. The fourth-order valence-corrected chi connectivity index (χ4v) is 2.83. The third-order valence-electron chi connectivity index (χ3n) is 2.61. The van der Waals surface area contributed by atoms with Crippen molar-refractivity contribution in [1.82, 2.24) is 5.32 Å². The molecule has 4 nitrogen and oxygen atoms in total. The maximum atomic E-state index is 11.8. The van der Waals surface area contributed by atoms with Gasteiger partial charge in [-0.15, -0.1) is 0 Å². The molecule has 0 aliphatic heterocycles. The van der Waals surface area contributed by atoms with E-state index >= 15 is 0 Å². The molecule has 1 atom stereocenters. The van der Waals surface area contributed by atoms with Crippen LogP contribution in [0.3, 0.4) is 0 Å². The van der Waals surface area contributed by atoms with Crippen molar-refractivity contribution >= 4 is 13.0 Å². The van der Waals surface area contributed by atoms with Gasteiger partial charge >= 0.3 is 5.65 Å². The first-order valence-electron chi connectivity index (χ1n) is 6.06. The van der Waals surface area contributed by atoms with Gasteiger partial charge in [0.25, 0.3) is 7.37 Å². The average Bonchev–Trinajstić information content (AvgIpc) is 2.35. The van der Waals surface area contributed by atoms with E-state index in [0.717, 1.165) is 5.56 Å². The summed E-state index contributed by atoms with van der Waals surface area (Å²) >= 11 is 0. The predicted molar refractivity (Wildman–Crippen MR) is 72.8 cm³/mol. The highest BCUT2D eigenvalue weighted by atomic mass is 31.2. The highest BCUT2D eigenvalue weighted by molar-refractivity contribution is 7.75. The van der Waals surface area contributed by atoms with Crippen molar-refractivity contribution in [2.45, 2.75) is 26.8 Å². The summed E-state index contributed by atoms with van der Waals surface area (Å²) in [6.45, 7) is 4.20. The van der Waals surface area contributed by atoms with Crippen LogP contribution >= 0.6 is 7.37 Å². The van der Waals surface area contributed by atoms with Crippen molar-refractivity contribution in [3.63, 3.8) is 0 Å². The van der Waals surface area contributed by atoms with Gasteiger partial charge in [-0.05, 0) is 17.9 Å². The Bertz CT molecular complexity index is 431. The van der Waals surface area contributed by atoms with Gasteiger partial charge in [-0.2, -0.15) is 0 Å². The minimum Gasteiger partial charge on any atom is -0.344 e. The summed E-state index contributed by atoms with van der Waals surface area (Å²) < 4.78 is 11.8. The van der Waals surface area contributed by atoms with Crippen LogP contribution in [0, 0.1) is 5.92 Å². The maximum absolute atomic E-state index is 11.8. The zero-order valence-electron chi connectivity index (χ0n) is 10.8. The highest BCUT2D eigenvalue weighted by Crippen LogP contribution is 2.42. The molecular formula is C13H20NO3P. The van der Waals surface area contributed by atoms with Crippen LogP contribution in [0.5, 0.6) is 0 Å². The molecule has 0 bridgehead atoms. The van der Waals surface area contributed by atoms with Crippen LogP contribution in [-0.4, -0.2) is 16.7 Å². The fraction of sp³-hybridized carbons (Fsp3) is 0.462. The van der Waals surface area contributed by atoms with Gasteiger partial charge in [0.05, 0.1) is 0 Å². The van der Waals surface area contributed by atoms with Crippen LogP contribution in [0.4, 0.5) is 4.79 Å². The summed E-state index contributed by atoms with van der Waals surface area (Å²) in [4.78, 5) is 21.3. The van der Waals surface area contributed by atoms with Crippen LogP contribution in [0.2, 0.25) is 0 Å². The Labute approximate surface area is 108 Å². The molecule has 1 rings (SSSR count). The second-order valence-corrected chi connectivity index (χ2v) is 7.01. The summed E-state index contributed by atoms with van der Waals surface area (Å²) in [7, 11) is -3.72. The van der Waals surface area contributed by atoms with Crippen molar-refractivity contribution in [2.75, 3.05) is 6.16 Å². The lowest BCUT2D eigenvalue weighted by molar-refractivity contribution is 0.254. The molecule has 1 aromatic rings. The second kappa shape index (κ2) is 6.72. The molecule has 0 fully saturated rings. The predicted octanol–water partition coefficient (Wildman–Crippen LogP) is 3.21. The lowest BCUT2D eigenvalue weighted by atomic mass is 10.2. The SMILES string of the molecule is CC(C)CCP(=O)(O)C(=O)NCc1ccccc1. The Balaban J connectivity index is 2.47. The largest absolute Gasteiger partial charge is 0.344 e. The van der Waals surface area contributed by atoms with E-state index in [-0.39, 0.29) is 12.7 Å². The summed E-state index contributed by atoms with van der Waals surface area (Å²) in [5.74, 6) is 0.312. The third-order valence-corrected chi connectivity index (χ3v) is 4.27. The second-order valence-electron chi connectivity index (χ2n) is 4.75. The summed E-state index contributed by atoms with van der Waals surface area (Å²) in [6.07, 6.45) is 0.623. The van der Waals surface area contributed by atoms with E-state index in [1.807, 2.05) is 44.2 Å². The molecule has 5 heteroatoms. The summed E-state index contributed by atoms with van der Waals surface area (Å²) in [5.41, 5.74) is 0.168. The first-order valence-corrected chi connectivity index (χ1v) is 7.90. The lowest BCUT2D eigenvalue weighted by Crippen LogP contribution is -2.22. The fourth-order valence-electron chi connectivity index (χ4n) is 1.43. The zero-order chi connectivity index (χ0) is 13.6. The Hall–Kier alpha value is -1.12. The number of hydrogen-bond donors (Lipinski definition) is 2. The number of nitrogens with one attached hydrogen (secondary N) is 1. The van der Waals surface area contributed by atoms with Crippen molar-refractivity contribution in [1.29, 1.82) is 0 Å². The van der Waals surface area contributed by atoms with E-state index in [9.17, 15) is 14.3 Å². The van der Waals surface area contributed by atoms with Gasteiger partial charge in [-0.1, -0.05) is 44.2 Å². The molecule has 0 aliphatic rings. The first-order chi connectivity index (χ1) is 8.42. The smallest absolute Gasteiger partial charge is 0.305 e. The standard InChI is InChI=1S/C13H20NO3P/c1-11(2)8-9-18(16,17)13(15)14-10-12-6-4-3-5-7-12/h3-7,11H,8-10H2,1-2H3,(H,14,15)(H,16,17). The van der Waals surface area contributed by atoms with Gasteiger partial charge < -0.3 is 10.2 Å². The first kappa shape index (κ1) is 14.9. The van der Waals surface area contributed by atoms with E-state index in [0.29, 0.717) is 12.3 Å². The molecule has 0 spiro atoms. The van der Waals surface area contributed by atoms with E-state index in [2.05, 4.69) is 5.32 Å². The molecule has 0 aliphatic carbocycles. The Morgan fingerprint density at radius 3 is 2.50 bits per heavy atom. The number of amides is 1. The van der Waals surface area contributed by atoms with Gasteiger partial charge in [0.1, 0.15) is 0 Å². The lowest BCUT2D eigenvalue weighted by Gasteiger charge is -2.13. The van der Waals surface area contributed by atoms with Gasteiger partial charge in [0, 0.05) is 12.7 Å². The van der Waals surface area contributed by atoms with Crippen LogP contribution in [0.15, 0.2) is 30.3 Å². The van der Waals surface area contributed by atoms with E-state index in [1.165, 1.54) is 0 Å². The third kappa shape index (κ3) is 5.03. The number of carbonyl (C=O) groups is 1. The van der Waals surface area contributed by atoms with Gasteiger partial charge in [0.15, 0.2) is 0 Å². The number of rotatable bonds is 6. The molecule has 1 unspecified atom stereocenters. The number of carbonyl (C=O) groups excluding carboxylic acids is 1. The van der Waals surface area contributed by atoms with Gasteiger partial charge in [-0.3, -0.25) is 9.36 Å². The minimum absolute atomic E-state index is 0.0469. The average molecular weight is 269 g/mol. The van der Waals surface area contributed by atoms with Crippen molar-refractivity contribution in [2.24, 2.45) is 5.92 Å². The van der Waals surface area contributed by atoms with Gasteiger partial charge in [0.2, 0.25) is 0 Å². The minimum atomic E-state index is -3.72. The molecule has 100 valence electrons. The zero-order valence-corrected chi connectivity index (χ0v) is 11.7. The molecule has 1 aromatic carbocycles. The molecule has 1 amide bonds. The number of hydrogen-bond acceptors (Lipinski definition) is 2. The van der Waals surface area contributed by atoms with E-state index in [4.69, 9.17) is 0 Å². The summed E-state index contributed by atoms with van der Waals surface area (Å²) in [5, 5.41) is 2.51. The highest BCUT2D eigenvalue weighted by Gasteiger charge is 2.28. The molecule has 0 saturated heterocycles. The van der Waals surface area contributed by atoms with Gasteiger partial charge in [-0.25, -0.2) is 0 Å². The van der Waals surface area contributed by atoms with Crippen LogP contribution in [0.1, 0.15) is 25.8 Å². The van der Waals surface area contributed by atoms with Crippen molar-refractivity contribution in [3.05, 3.63) is 35.9 Å². The molecular weight excluding hydrogens is 249 g/mol. The normalized spacial score (nSPS) is 14.2. The Morgan fingerprint density at radius 2 is 1.94 bits per heavy atom. The number of benzene rings is 1. The Morgan fingerprint density at radius 1 is 1.33 bits per heavy atom. The maximum Gasteiger partial charge on any atom is 0.305 e. The molecule has 2 N–H and O–H groups in total. The van der Waals surface area contributed by atoms with Crippen molar-refractivity contribution < 1.29 is 14.3 Å². The van der Waals surface area contributed by atoms with Crippen LogP contribution in [0.25, 0.3) is 0 Å². The topological polar surface area (TPSA) is 66.4 Å². The van der Waals surface area contributed by atoms with Crippen LogP contribution < -0.4 is 5.32 Å². The molecule has 0 saturated carbocycles. The molecule has 0 heterocycles. The van der Waals surface area contributed by atoms with E-state index < -0.39 is 13.0 Å². The van der Waals surface area contributed by atoms with E-state index in [1.54, 1.807) is 0 Å². The van der Waals surface area contributed by atoms with Crippen molar-refractivity contribution in [3.8, 4) is 0 Å². The van der Waals surface area contributed by atoms with Crippen LogP contribution in [-0.2, 0) is 11.1 Å². The monoisotopic (exact) mass is 269 g/mol. The summed E-state index contributed by atoms with van der Waals surface area (Å²) in [6, 6.07) is 9.32. The quantitative estimate of drug-likeness (QED) is 0.779. The molecule has 0 radical (unpaired) electrons.